The van der Waals surface area contributed by atoms with Gasteiger partial charge in [0.25, 0.3) is 0 Å². The van der Waals surface area contributed by atoms with E-state index >= 15 is 0 Å². The molecule has 2 nitrogen and oxygen atoms in total. The van der Waals surface area contributed by atoms with Gasteiger partial charge in [-0.25, -0.2) is 0 Å². The van der Waals surface area contributed by atoms with Gasteiger partial charge < -0.3 is 10.1 Å². The SMILES string of the molecule is CCNC(C)C1(Cc2cc(Br)ccc2OC)CC1. The van der Waals surface area contributed by atoms with E-state index in [1.54, 1.807) is 7.11 Å². The van der Waals surface area contributed by atoms with Crippen LogP contribution in [-0.4, -0.2) is 19.7 Å². The lowest BCUT2D eigenvalue weighted by molar-refractivity contribution is 0.346. The first-order valence-corrected chi connectivity index (χ1v) is 7.46. The molecule has 1 aliphatic rings. The molecule has 1 unspecified atom stereocenters. The molecule has 1 aromatic carbocycles. The number of ether oxygens (including phenoxy) is 1. The van der Waals surface area contributed by atoms with Crippen molar-refractivity contribution >= 4 is 15.9 Å². The second kappa shape index (κ2) is 5.62. The Balaban J connectivity index is 2.16. The number of halogens is 1. The van der Waals surface area contributed by atoms with Gasteiger partial charge in [-0.1, -0.05) is 22.9 Å². The van der Waals surface area contributed by atoms with Crippen LogP contribution in [0.2, 0.25) is 0 Å². The van der Waals surface area contributed by atoms with Crippen molar-refractivity contribution in [2.24, 2.45) is 5.41 Å². The van der Waals surface area contributed by atoms with Gasteiger partial charge >= 0.3 is 0 Å². The molecular weight excluding hydrogens is 290 g/mol. The van der Waals surface area contributed by atoms with Gasteiger partial charge in [0.1, 0.15) is 5.75 Å². The zero-order valence-electron chi connectivity index (χ0n) is 11.4. The van der Waals surface area contributed by atoms with Crippen LogP contribution in [0.3, 0.4) is 0 Å². The summed E-state index contributed by atoms with van der Waals surface area (Å²) in [7, 11) is 1.75. The quantitative estimate of drug-likeness (QED) is 0.863. The fourth-order valence-corrected chi connectivity index (χ4v) is 3.12. The first-order valence-electron chi connectivity index (χ1n) is 6.67. The number of hydrogen-bond acceptors (Lipinski definition) is 2. The number of hydrogen-bond donors (Lipinski definition) is 1. The summed E-state index contributed by atoms with van der Waals surface area (Å²) in [5.41, 5.74) is 1.75. The minimum absolute atomic E-state index is 0.435. The third kappa shape index (κ3) is 2.89. The smallest absolute Gasteiger partial charge is 0.122 e. The van der Waals surface area contributed by atoms with Gasteiger partial charge in [-0.2, -0.15) is 0 Å². The molecule has 1 saturated carbocycles. The Hall–Kier alpha value is -0.540. The van der Waals surface area contributed by atoms with Crippen LogP contribution >= 0.6 is 15.9 Å². The molecule has 0 radical (unpaired) electrons. The van der Waals surface area contributed by atoms with E-state index in [1.165, 1.54) is 18.4 Å². The molecule has 1 aromatic rings. The molecular formula is C15H22BrNO. The highest BCUT2D eigenvalue weighted by Crippen LogP contribution is 2.52. The predicted octanol–water partition coefficient (Wildman–Crippen LogP) is 3.78. The predicted molar refractivity (Wildman–Crippen MR) is 79.2 cm³/mol. The summed E-state index contributed by atoms with van der Waals surface area (Å²) in [6.45, 7) is 5.52. The fraction of sp³-hybridized carbons (Fsp3) is 0.600. The van der Waals surface area contributed by atoms with Crippen LogP contribution in [0.4, 0.5) is 0 Å². The molecule has 100 valence electrons. The highest BCUT2D eigenvalue weighted by atomic mass is 79.9. The van der Waals surface area contributed by atoms with Gasteiger partial charge in [0.2, 0.25) is 0 Å². The van der Waals surface area contributed by atoms with E-state index in [4.69, 9.17) is 4.74 Å². The van der Waals surface area contributed by atoms with Gasteiger partial charge in [-0.15, -0.1) is 0 Å². The summed E-state index contributed by atoms with van der Waals surface area (Å²) >= 11 is 3.55. The molecule has 0 aromatic heterocycles. The first-order chi connectivity index (χ1) is 8.61. The molecule has 0 saturated heterocycles. The second-order valence-electron chi connectivity index (χ2n) is 5.27. The maximum atomic E-state index is 5.47. The Morgan fingerprint density at radius 1 is 1.44 bits per heavy atom. The largest absolute Gasteiger partial charge is 0.496 e. The van der Waals surface area contributed by atoms with Gasteiger partial charge in [0.15, 0.2) is 0 Å². The minimum Gasteiger partial charge on any atom is -0.496 e. The van der Waals surface area contributed by atoms with Crippen molar-refractivity contribution in [3.8, 4) is 5.75 Å². The molecule has 0 amide bonds. The monoisotopic (exact) mass is 311 g/mol. The summed E-state index contributed by atoms with van der Waals surface area (Å²) < 4.78 is 6.60. The van der Waals surface area contributed by atoms with Crippen molar-refractivity contribution < 1.29 is 4.74 Å². The molecule has 0 heterocycles. The van der Waals surface area contributed by atoms with Crippen molar-refractivity contribution in [2.45, 2.75) is 39.2 Å². The van der Waals surface area contributed by atoms with Crippen LogP contribution in [0.1, 0.15) is 32.3 Å². The Kier molecular flexibility index (Phi) is 4.33. The van der Waals surface area contributed by atoms with Crippen LogP contribution in [0.15, 0.2) is 22.7 Å². The van der Waals surface area contributed by atoms with Crippen LogP contribution in [0, 0.1) is 5.41 Å². The third-order valence-corrected chi connectivity index (χ3v) is 4.60. The van der Waals surface area contributed by atoms with E-state index in [0.29, 0.717) is 11.5 Å². The van der Waals surface area contributed by atoms with Crippen molar-refractivity contribution in [3.05, 3.63) is 28.2 Å². The molecule has 1 fully saturated rings. The van der Waals surface area contributed by atoms with Gasteiger partial charge in [0.05, 0.1) is 7.11 Å². The van der Waals surface area contributed by atoms with Gasteiger partial charge in [0, 0.05) is 10.5 Å². The van der Waals surface area contributed by atoms with E-state index in [9.17, 15) is 0 Å². The van der Waals surface area contributed by atoms with Crippen LogP contribution in [0.5, 0.6) is 5.75 Å². The summed E-state index contributed by atoms with van der Waals surface area (Å²) in [6.07, 6.45) is 3.73. The average Bonchev–Trinajstić information content (AvgIpc) is 3.11. The third-order valence-electron chi connectivity index (χ3n) is 4.11. The molecule has 0 spiro atoms. The van der Waals surface area contributed by atoms with Crippen LogP contribution in [0.25, 0.3) is 0 Å². The molecule has 3 heteroatoms. The molecule has 1 N–H and O–H groups in total. The Bertz CT molecular complexity index is 415. The Morgan fingerprint density at radius 2 is 2.17 bits per heavy atom. The van der Waals surface area contributed by atoms with Crippen LogP contribution in [-0.2, 0) is 6.42 Å². The van der Waals surface area contributed by atoms with Gasteiger partial charge in [-0.05, 0) is 61.9 Å². The maximum Gasteiger partial charge on any atom is 0.122 e. The van der Waals surface area contributed by atoms with Crippen molar-refractivity contribution in [3.63, 3.8) is 0 Å². The van der Waals surface area contributed by atoms with Crippen molar-refractivity contribution in [2.75, 3.05) is 13.7 Å². The molecule has 18 heavy (non-hydrogen) atoms. The van der Waals surface area contributed by atoms with E-state index in [0.717, 1.165) is 23.2 Å². The molecule has 1 aliphatic carbocycles. The first kappa shape index (κ1) is 13.9. The molecule has 0 bridgehead atoms. The number of methoxy groups -OCH3 is 1. The lowest BCUT2D eigenvalue weighted by atomic mass is 9.89. The molecule has 0 aliphatic heterocycles. The fourth-order valence-electron chi connectivity index (χ4n) is 2.71. The second-order valence-corrected chi connectivity index (χ2v) is 6.19. The summed E-state index contributed by atoms with van der Waals surface area (Å²) in [5.74, 6) is 1.01. The normalized spacial score (nSPS) is 18.4. The maximum absolute atomic E-state index is 5.47. The number of rotatable bonds is 6. The lowest BCUT2D eigenvalue weighted by Gasteiger charge is -2.25. The average molecular weight is 312 g/mol. The van der Waals surface area contributed by atoms with E-state index < -0.39 is 0 Å². The zero-order chi connectivity index (χ0) is 13.2. The molecule has 2 rings (SSSR count). The summed E-state index contributed by atoms with van der Waals surface area (Å²) in [5, 5.41) is 3.57. The van der Waals surface area contributed by atoms with Crippen molar-refractivity contribution in [1.82, 2.24) is 5.32 Å². The highest BCUT2D eigenvalue weighted by Gasteiger charge is 2.47. The topological polar surface area (TPSA) is 21.3 Å². The van der Waals surface area contributed by atoms with Crippen LogP contribution < -0.4 is 10.1 Å². The van der Waals surface area contributed by atoms with Gasteiger partial charge in [-0.3, -0.25) is 0 Å². The van der Waals surface area contributed by atoms with E-state index in [-0.39, 0.29) is 0 Å². The number of nitrogens with one attached hydrogen (secondary N) is 1. The van der Waals surface area contributed by atoms with E-state index in [2.05, 4.69) is 41.2 Å². The Labute approximate surface area is 118 Å². The molecule has 1 atom stereocenters. The standard InChI is InChI=1S/C15H22BrNO/c1-4-17-11(2)15(7-8-15)10-12-9-13(16)5-6-14(12)18-3/h5-6,9,11,17H,4,7-8,10H2,1-3H3. The minimum atomic E-state index is 0.435. The highest BCUT2D eigenvalue weighted by molar-refractivity contribution is 9.10. The zero-order valence-corrected chi connectivity index (χ0v) is 13.0. The Morgan fingerprint density at radius 3 is 2.72 bits per heavy atom. The summed E-state index contributed by atoms with van der Waals surface area (Å²) in [4.78, 5) is 0. The summed E-state index contributed by atoms with van der Waals surface area (Å²) in [6, 6.07) is 6.85. The van der Waals surface area contributed by atoms with E-state index in [1.807, 2.05) is 12.1 Å². The number of benzene rings is 1. The lowest BCUT2D eigenvalue weighted by Crippen LogP contribution is -2.36. The van der Waals surface area contributed by atoms with Crippen molar-refractivity contribution in [1.29, 1.82) is 0 Å².